The highest BCUT2D eigenvalue weighted by Gasteiger charge is 2.37. The van der Waals surface area contributed by atoms with Crippen LogP contribution >= 0.6 is 11.8 Å². The SMILES string of the molecule is N#Cc1c(C(F)(F)F)cc(-c2ccco2)nc1SCC(=O)N1CCCC1C(=O)O. The highest BCUT2D eigenvalue weighted by Crippen LogP contribution is 2.38. The first-order chi connectivity index (χ1) is 13.7. The Hall–Kier alpha value is -3.00. The minimum atomic E-state index is -4.81. The number of halogens is 3. The molecule has 3 rings (SSSR count). The average molecular weight is 425 g/mol. The van der Waals surface area contributed by atoms with Crippen molar-refractivity contribution in [2.45, 2.75) is 30.1 Å². The summed E-state index contributed by atoms with van der Waals surface area (Å²) in [5.74, 6) is -1.93. The van der Waals surface area contributed by atoms with Crippen molar-refractivity contribution in [1.29, 1.82) is 5.26 Å². The Labute approximate surface area is 167 Å². The number of carboxylic acid groups (broad SMARTS) is 1. The first kappa shape index (κ1) is 20.7. The van der Waals surface area contributed by atoms with Gasteiger partial charge < -0.3 is 14.4 Å². The fourth-order valence-corrected chi connectivity index (χ4v) is 3.93. The van der Waals surface area contributed by atoms with E-state index in [0.29, 0.717) is 24.6 Å². The zero-order valence-corrected chi connectivity index (χ0v) is 15.6. The summed E-state index contributed by atoms with van der Waals surface area (Å²) in [7, 11) is 0. The number of likely N-dealkylation sites (tertiary alicyclic amines) is 1. The van der Waals surface area contributed by atoms with Crippen molar-refractivity contribution in [2.24, 2.45) is 0 Å². The lowest BCUT2D eigenvalue weighted by Gasteiger charge is -2.21. The molecule has 1 fully saturated rings. The zero-order valence-electron chi connectivity index (χ0n) is 14.8. The monoisotopic (exact) mass is 425 g/mol. The summed E-state index contributed by atoms with van der Waals surface area (Å²) in [6.45, 7) is 0.259. The third-order valence-corrected chi connectivity index (χ3v) is 5.33. The van der Waals surface area contributed by atoms with Crippen molar-refractivity contribution in [2.75, 3.05) is 12.3 Å². The highest BCUT2D eigenvalue weighted by molar-refractivity contribution is 8.00. The number of amides is 1. The molecular weight excluding hydrogens is 411 g/mol. The van der Waals surface area contributed by atoms with E-state index in [0.717, 1.165) is 6.07 Å². The predicted octanol–water partition coefficient (Wildman–Crippen LogP) is 3.40. The van der Waals surface area contributed by atoms with Gasteiger partial charge in [0.25, 0.3) is 0 Å². The number of nitrogens with zero attached hydrogens (tertiary/aromatic N) is 3. The van der Waals surface area contributed by atoms with Gasteiger partial charge in [-0.3, -0.25) is 4.79 Å². The van der Waals surface area contributed by atoms with Gasteiger partial charge in [0.2, 0.25) is 5.91 Å². The van der Waals surface area contributed by atoms with Crippen LogP contribution < -0.4 is 0 Å². The van der Waals surface area contributed by atoms with Gasteiger partial charge in [0.1, 0.15) is 22.8 Å². The van der Waals surface area contributed by atoms with Crippen LogP contribution in [0, 0.1) is 11.3 Å². The number of alkyl halides is 3. The van der Waals surface area contributed by atoms with Gasteiger partial charge in [-0.2, -0.15) is 18.4 Å². The summed E-state index contributed by atoms with van der Waals surface area (Å²) in [5, 5.41) is 18.2. The van der Waals surface area contributed by atoms with E-state index in [4.69, 9.17) is 4.42 Å². The molecule has 0 spiro atoms. The summed E-state index contributed by atoms with van der Waals surface area (Å²) in [4.78, 5) is 28.9. The topological polar surface area (TPSA) is 107 Å². The van der Waals surface area contributed by atoms with Crippen LogP contribution in [0.4, 0.5) is 13.2 Å². The molecule has 3 heterocycles. The molecule has 0 aromatic carbocycles. The molecule has 11 heteroatoms. The van der Waals surface area contributed by atoms with Crippen LogP contribution in [0.25, 0.3) is 11.5 Å². The van der Waals surface area contributed by atoms with E-state index in [1.165, 1.54) is 29.4 Å². The molecule has 1 saturated heterocycles. The van der Waals surface area contributed by atoms with Crippen molar-refractivity contribution in [3.8, 4) is 17.5 Å². The van der Waals surface area contributed by atoms with Gasteiger partial charge in [0.05, 0.1) is 23.1 Å². The Kier molecular flexibility index (Phi) is 5.83. The highest BCUT2D eigenvalue weighted by atomic mass is 32.2. The van der Waals surface area contributed by atoms with Crippen LogP contribution in [-0.2, 0) is 15.8 Å². The van der Waals surface area contributed by atoms with Crippen molar-refractivity contribution in [1.82, 2.24) is 9.88 Å². The number of furan rings is 1. The lowest BCUT2D eigenvalue weighted by molar-refractivity contribution is -0.147. The molecule has 0 saturated carbocycles. The number of pyridine rings is 1. The quantitative estimate of drug-likeness (QED) is 0.732. The number of aliphatic carboxylic acids is 1. The summed E-state index contributed by atoms with van der Waals surface area (Å²) in [5.41, 5.74) is -2.00. The fourth-order valence-electron chi connectivity index (χ4n) is 3.04. The van der Waals surface area contributed by atoms with Gasteiger partial charge in [-0.15, -0.1) is 0 Å². The van der Waals surface area contributed by atoms with E-state index in [1.807, 2.05) is 0 Å². The molecule has 1 aliphatic heterocycles. The Balaban J connectivity index is 1.92. The minimum Gasteiger partial charge on any atom is -0.480 e. The first-order valence-electron chi connectivity index (χ1n) is 8.43. The van der Waals surface area contributed by atoms with Crippen LogP contribution in [0.2, 0.25) is 0 Å². The minimum absolute atomic E-state index is 0.0821. The number of rotatable bonds is 5. The molecule has 1 atom stereocenters. The maximum Gasteiger partial charge on any atom is 0.417 e. The van der Waals surface area contributed by atoms with E-state index < -0.39 is 35.2 Å². The molecule has 0 radical (unpaired) electrons. The number of thioether (sulfide) groups is 1. The van der Waals surface area contributed by atoms with Crippen molar-refractivity contribution < 1.29 is 32.3 Å². The molecule has 7 nitrogen and oxygen atoms in total. The second-order valence-corrected chi connectivity index (χ2v) is 7.16. The van der Waals surface area contributed by atoms with Gasteiger partial charge >= 0.3 is 12.1 Å². The Morgan fingerprint density at radius 2 is 2.21 bits per heavy atom. The molecule has 1 unspecified atom stereocenters. The Morgan fingerprint density at radius 1 is 1.45 bits per heavy atom. The van der Waals surface area contributed by atoms with Crippen molar-refractivity contribution in [3.05, 3.63) is 35.6 Å². The molecule has 152 valence electrons. The van der Waals surface area contributed by atoms with Gasteiger partial charge in [0.15, 0.2) is 5.76 Å². The van der Waals surface area contributed by atoms with Gasteiger partial charge in [-0.25, -0.2) is 9.78 Å². The molecule has 1 aliphatic rings. The van der Waals surface area contributed by atoms with E-state index in [2.05, 4.69) is 4.98 Å². The number of nitriles is 1. The molecule has 2 aromatic rings. The third-order valence-electron chi connectivity index (χ3n) is 4.37. The number of aromatic nitrogens is 1. The normalized spacial score (nSPS) is 16.6. The summed E-state index contributed by atoms with van der Waals surface area (Å²) in [6.07, 6.45) is -2.68. The van der Waals surface area contributed by atoms with Crippen LogP contribution in [-0.4, -0.2) is 45.2 Å². The smallest absolute Gasteiger partial charge is 0.417 e. The van der Waals surface area contributed by atoms with Gasteiger partial charge in [-0.1, -0.05) is 11.8 Å². The van der Waals surface area contributed by atoms with Crippen LogP contribution in [0.3, 0.4) is 0 Å². The fraction of sp³-hybridized carbons (Fsp3) is 0.333. The molecular formula is C18H14F3N3O4S. The molecule has 0 aliphatic carbocycles. The number of carbonyl (C=O) groups excluding carboxylic acids is 1. The molecule has 1 amide bonds. The molecule has 0 bridgehead atoms. The Morgan fingerprint density at radius 3 is 2.79 bits per heavy atom. The third kappa shape index (κ3) is 4.37. The standard InChI is InChI=1S/C18H14F3N3O4S/c19-18(20,21)11-7-12(14-4-2-6-28-14)23-16(10(11)8-22)29-9-15(25)24-5-1-3-13(24)17(26)27/h2,4,6-7,13H,1,3,5,9H2,(H,26,27). The van der Waals surface area contributed by atoms with Crippen LogP contribution in [0.1, 0.15) is 24.0 Å². The van der Waals surface area contributed by atoms with Crippen LogP contribution in [0.15, 0.2) is 33.9 Å². The maximum absolute atomic E-state index is 13.5. The maximum atomic E-state index is 13.5. The number of hydrogen-bond donors (Lipinski definition) is 1. The summed E-state index contributed by atoms with van der Waals surface area (Å²) >= 11 is 0.663. The number of carbonyl (C=O) groups is 2. The molecule has 2 aromatic heterocycles. The van der Waals surface area contributed by atoms with Crippen LogP contribution in [0.5, 0.6) is 0 Å². The lowest BCUT2D eigenvalue weighted by Crippen LogP contribution is -2.41. The van der Waals surface area contributed by atoms with Crippen molar-refractivity contribution >= 4 is 23.6 Å². The van der Waals surface area contributed by atoms with E-state index in [1.54, 1.807) is 0 Å². The molecule has 29 heavy (non-hydrogen) atoms. The van der Waals surface area contributed by atoms with Gasteiger partial charge in [-0.05, 0) is 31.0 Å². The zero-order chi connectivity index (χ0) is 21.2. The summed E-state index contributed by atoms with van der Waals surface area (Å²) < 4.78 is 45.5. The molecule has 1 N–H and O–H groups in total. The summed E-state index contributed by atoms with van der Waals surface area (Å²) in [6, 6.07) is 4.20. The predicted molar refractivity (Wildman–Crippen MR) is 94.8 cm³/mol. The lowest BCUT2D eigenvalue weighted by atomic mass is 10.1. The average Bonchev–Trinajstić information content (AvgIpc) is 3.36. The van der Waals surface area contributed by atoms with Gasteiger partial charge in [0, 0.05) is 6.54 Å². The van der Waals surface area contributed by atoms with E-state index in [9.17, 15) is 33.1 Å². The van der Waals surface area contributed by atoms with E-state index in [-0.39, 0.29) is 28.8 Å². The Bertz CT molecular complexity index is 970. The van der Waals surface area contributed by atoms with E-state index >= 15 is 0 Å². The number of carboxylic acids is 1. The second kappa shape index (κ2) is 8.16. The number of hydrogen-bond acceptors (Lipinski definition) is 6. The first-order valence-corrected chi connectivity index (χ1v) is 9.42. The second-order valence-electron chi connectivity index (χ2n) is 6.19. The largest absolute Gasteiger partial charge is 0.480 e. The van der Waals surface area contributed by atoms with Crippen molar-refractivity contribution in [3.63, 3.8) is 0 Å².